The number of aromatic nitrogens is 4. The van der Waals surface area contributed by atoms with Crippen LogP contribution in [0.4, 0.5) is 56.1 Å². The van der Waals surface area contributed by atoms with Gasteiger partial charge in [-0.2, -0.15) is 0 Å². The van der Waals surface area contributed by atoms with Gasteiger partial charge in [-0.25, -0.2) is 54.3 Å². The number of amides is 3. The van der Waals surface area contributed by atoms with Gasteiger partial charge in [0.25, 0.3) is 24.7 Å². The number of alkyl halides is 4. The lowest BCUT2D eigenvalue weighted by Crippen LogP contribution is -2.28. The zero-order chi connectivity index (χ0) is 52.2. The highest BCUT2D eigenvalue weighted by molar-refractivity contribution is 6.06. The van der Waals surface area contributed by atoms with Crippen molar-refractivity contribution in [1.29, 1.82) is 0 Å². The summed E-state index contributed by atoms with van der Waals surface area (Å²) >= 11 is 0. The molecule has 23 heteroatoms. The number of carbonyl (C=O) groups excluding carboxylic acids is 4. The Morgan fingerprint density at radius 3 is 1.64 bits per heavy atom. The Kier molecular flexibility index (Phi) is 18.9. The molecule has 74 heavy (non-hydrogen) atoms. The topological polar surface area (TPSA) is 192 Å². The molecular weight excluding hydrogens is 1010 g/mol. The molecule has 0 saturated heterocycles. The molecule has 0 bridgehead atoms. The summed E-state index contributed by atoms with van der Waals surface area (Å²) in [5.41, 5.74) is 7.25. The van der Waals surface area contributed by atoms with Crippen molar-refractivity contribution >= 4 is 47.8 Å². The van der Waals surface area contributed by atoms with Gasteiger partial charge in [0, 0.05) is 64.5 Å². The first-order chi connectivity index (χ1) is 35.1. The third kappa shape index (κ3) is 13.8. The monoisotopic (exact) mass is 1050 g/mol. The van der Waals surface area contributed by atoms with Crippen LogP contribution in [0.2, 0.25) is 0 Å². The summed E-state index contributed by atoms with van der Waals surface area (Å²) in [6.45, 7) is 0.104. The quantitative estimate of drug-likeness (QED) is 0.0906. The Morgan fingerprint density at radius 1 is 0.635 bits per heavy atom. The number of nitrogens with one attached hydrogen (secondary N) is 3. The summed E-state index contributed by atoms with van der Waals surface area (Å²) in [7, 11) is 0. The lowest BCUT2D eigenvalue weighted by atomic mass is 10.0. The van der Waals surface area contributed by atoms with Crippen molar-refractivity contribution in [2.24, 2.45) is 5.73 Å². The first kappa shape index (κ1) is 55.1. The van der Waals surface area contributed by atoms with Crippen molar-refractivity contribution < 1.29 is 63.8 Å². The van der Waals surface area contributed by atoms with E-state index in [-0.39, 0.29) is 53.7 Å². The number of benzene rings is 4. The van der Waals surface area contributed by atoms with Crippen LogP contribution < -0.4 is 21.7 Å². The van der Waals surface area contributed by atoms with Crippen LogP contribution in [0.1, 0.15) is 103 Å². The smallest absolute Gasteiger partial charge is 0.419 e. The molecule has 0 saturated carbocycles. The molecule has 5 N–H and O–H groups in total. The van der Waals surface area contributed by atoms with Crippen LogP contribution in [0.5, 0.6) is 0 Å². The average Bonchev–Trinajstić information content (AvgIpc) is 4.17. The van der Waals surface area contributed by atoms with Crippen molar-refractivity contribution in [1.82, 2.24) is 24.8 Å². The highest BCUT2D eigenvalue weighted by Crippen LogP contribution is 2.37. The van der Waals surface area contributed by atoms with Gasteiger partial charge in [0.1, 0.15) is 42.8 Å². The first-order valence-corrected chi connectivity index (χ1v) is 22.1. The number of halogens is 9. The summed E-state index contributed by atoms with van der Waals surface area (Å²) in [5, 5.41) is 7.49. The summed E-state index contributed by atoms with van der Waals surface area (Å²) in [4.78, 5) is 60.6. The zero-order valence-corrected chi connectivity index (χ0v) is 39.2. The molecule has 3 heterocycles. The van der Waals surface area contributed by atoms with Gasteiger partial charge >= 0.3 is 12.2 Å². The molecule has 14 nitrogen and oxygen atoms in total. The third-order valence-corrected chi connectivity index (χ3v) is 11.3. The number of hydrogen-bond donors (Lipinski definition) is 4. The molecule has 3 aromatic heterocycles. The Bertz CT molecular complexity index is 3090. The fraction of sp³-hybridized carbons (Fsp3) is 0.196. The van der Waals surface area contributed by atoms with E-state index >= 15 is 0 Å². The van der Waals surface area contributed by atoms with Gasteiger partial charge in [0.2, 0.25) is 0 Å². The number of pyridine rings is 2. The van der Waals surface area contributed by atoms with E-state index in [0.29, 0.717) is 53.8 Å². The number of carbonyl (C=O) groups is 4. The summed E-state index contributed by atoms with van der Waals surface area (Å²) in [5.74, 6) is -4.43. The minimum absolute atomic E-state index is 0. The molecule has 386 valence electrons. The van der Waals surface area contributed by atoms with Gasteiger partial charge in [-0.05, 0) is 122 Å². The number of alkyl carbamates (subject to hydrolysis) is 1. The van der Waals surface area contributed by atoms with Crippen LogP contribution in [0, 0.1) is 23.3 Å². The molecule has 7 aromatic rings. The first-order valence-electron chi connectivity index (χ1n) is 22.1. The van der Waals surface area contributed by atoms with E-state index in [2.05, 4.69) is 30.9 Å². The number of imidazole rings is 1. The second-order valence-electron chi connectivity index (χ2n) is 16.1. The van der Waals surface area contributed by atoms with Crippen molar-refractivity contribution in [3.05, 3.63) is 207 Å². The lowest BCUT2D eigenvalue weighted by Gasteiger charge is -2.16. The zero-order valence-electron chi connectivity index (χ0n) is 38.4. The van der Waals surface area contributed by atoms with Gasteiger partial charge in [-0.3, -0.25) is 19.6 Å². The molecule has 3 amide bonds. The maximum Gasteiger partial charge on any atom is 0.419 e. The molecule has 2 aliphatic carbocycles. The van der Waals surface area contributed by atoms with Crippen LogP contribution in [-0.2, 0) is 35.5 Å². The molecule has 0 radical (unpaired) electrons. The maximum absolute atomic E-state index is 14.6. The molecule has 9 rings (SSSR count). The van der Waals surface area contributed by atoms with Crippen LogP contribution >= 0.6 is 12.4 Å². The highest BCUT2D eigenvalue weighted by Gasteiger charge is 2.32. The predicted octanol–water partition coefficient (Wildman–Crippen LogP) is 11.4. The SMILES string of the molecule is Cl.N[C@H]1CCc2c(C(=O)Nc3ccc(F)c(C(F)F)c3)ccc(F)c21.O=C(N[C@H]1CCc2c(C(=O)Nc3ccc(F)c(C(F)F)c3)ccc(F)c21)OCc1ccccn1.O=C(OCc1ccccn1)n1ccnc1. The molecule has 2 aliphatic rings. The van der Waals surface area contributed by atoms with Crippen LogP contribution in [0.3, 0.4) is 0 Å². The number of nitrogens with zero attached hydrogens (tertiary/aromatic N) is 4. The van der Waals surface area contributed by atoms with Crippen LogP contribution in [-0.4, -0.2) is 43.5 Å². The molecule has 2 atom stereocenters. The number of hydrogen-bond acceptors (Lipinski definition) is 10. The molecule has 0 fully saturated rings. The van der Waals surface area contributed by atoms with Crippen molar-refractivity contribution in [2.45, 2.75) is 63.8 Å². The molecule has 0 aliphatic heterocycles. The predicted molar refractivity (Wildman–Crippen MR) is 255 cm³/mol. The second-order valence-corrected chi connectivity index (χ2v) is 16.1. The van der Waals surface area contributed by atoms with Gasteiger partial charge in [-0.1, -0.05) is 12.1 Å². The Labute approximate surface area is 422 Å². The highest BCUT2D eigenvalue weighted by atomic mass is 35.5. The number of anilines is 2. The number of rotatable bonds is 11. The van der Waals surface area contributed by atoms with Crippen LogP contribution in [0.25, 0.3) is 0 Å². The number of ether oxygens (including phenoxy) is 2. The molecule has 0 unspecified atom stereocenters. The van der Waals surface area contributed by atoms with E-state index in [4.69, 9.17) is 15.2 Å². The van der Waals surface area contributed by atoms with E-state index in [1.54, 1.807) is 42.7 Å². The van der Waals surface area contributed by atoms with Gasteiger partial charge in [0.15, 0.2) is 0 Å². The van der Waals surface area contributed by atoms with E-state index in [0.717, 1.165) is 42.5 Å². The molecule has 0 spiro atoms. The summed E-state index contributed by atoms with van der Waals surface area (Å²) < 4.78 is 118. The standard InChI is InChI=1S/C24H19F4N3O3.C17H14F4N2O.C10H9N3O2.ClH/c25-18-7-4-13(11-17(18)22(27)28)30-23(32)16-5-8-19(26)21-15(16)6-9-20(21)31-24(33)34-12-14-3-1-2-10-29-14;18-12-4-1-8(7-11(12)16(20)21)23-17(24)10-2-5-13(19)15-9(10)3-6-14(15)22;14-10(13-6-5-11-8-13)15-7-9-3-1-2-4-12-9;/h1-5,7-8,10-11,20,22H,6,9,12H2,(H,30,32)(H,31,33);1-2,4-5,7,14,16H,3,6,22H2,(H,23,24);1-6,8H,7H2;1H/t20-;14-;;/m00../s1. The van der Waals surface area contributed by atoms with Gasteiger partial charge < -0.3 is 31.2 Å². The molecular formula is C51H43ClF8N8O6. The van der Waals surface area contributed by atoms with E-state index in [1.165, 1.54) is 41.5 Å². The normalized spacial score (nSPS) is 14.0. The van der Waals surface area contributed by atoms with Gasteiger partial charge in [0.05, 0.1) is 28.6 Å². The summed E-state index contributed by atoms with van der Waals surface area (Å²) in [6.07, 6.45) is 2.02. The maximum atomic E-state index is 14.6. The molecule has 4 aromatic carbocycles. The third-order valence-electron chi connectivity index (χ3n) is 11.3. The number of fused-ring (bicyclic) bond motifs is 2. The van der Waals surface area contributed by atoms with Crippen molar-refractivity contribution in [3.63, 3.8) is 0 Å². The van der Waals surface area contributed by atoms with E-state index in [1.807, 2.05) is 6.07 Å². The largest absolute Gasteiger partial charge is 0.443 e. The van der Waals surface area contributed by atoms with Crippen LogP contribution in [0.15, 0.2) is 128 Å². The summed E-state index contributed by atoms with van der Waals surface area (Å²) in [6, 6.07) is 20.1. The lowest BCUT2D eigenvalue weighted by molar-refractivity contribution is 0.101. The number of nitrogens with two attached hydrogens (primary N) is 1. The Hall–Kier alpha value is -8.24. The van der Waals surface area contributed by atoms with E-state index in [9.17, 15) is 54.3 Å². The fourth-order valence-electron chi connectivity index (χ4n) is 7.88. The Morgan fingerprint density at radius 2 is 1.14 bits per heavy atom. The van der Waals surface area contributed by atoms with Gasteiger partial charge in [-0.15, -0.1) is 12.4 Å². The van der Waals surface area contributed by atoms with Crippen molar-refractivity contribution in [3.8, 4) is 0 Å². The minimum atomic E-state index is -3.05. The van der Waals surface area contributed by atoms with Crippen molar-refractivity contribution in [2.75, 3.05) is 10.6 Å². The minimum Gasteiger partial charge on any atom is -0.443 e. The Balaban J connectivity index is 0.000000194. The van der Waals surface area contributed by atoms with E-state index < -0.39 is 83.3 Å². The average molecular weight is 1050 g/mol. The second kappa shape index (κ2) is 25.4. The fourth-order valence-corrected chi connectivity index (χ4v) is 7.88.